The van der Waals surface area contributed by atoms with Crippen LogP contribution in [0, 0.1) is 5.92 Å². The molecule has 1 heterocycles. The maximum atomic E-state index is 12.9. The summed E-state index contributed by atoms with van der Waals surface area (Å²) in [7, 11) is -0.757. The molecule has 4 rings (SSSR count). The number of carbonyl (C=O) groups is 1. The van der Waals surface area contributed by atoms with Crippen LogP contribution in [0.3, 0.4) is 0 Å². The minimum atomic E-state index is -3.74. The second-order valence-electron chi connectivity index (χ2n) is 8.75. The summed E-state index contributed by atoms with van der Waals surface area (Å²) in [5.74, 6) is 2.02. The summed E-state index contributed by atoms with van der Waals surface area (Å²) in [6, 6.07) is 12.0. The highest BCUT2D eigenvalue weighted by Crippen LogP contribution is 2.33. The van der Waals surface area contributed by atoms with Gasteiger partial charge in [-0.05, 0) is 74.9 Å². The molecule has 34 heavy (non-hydrogen) atoms. The fraction of sp³-hybridized carbons (Fsp3) is 0.480. The van der Waals surface area contributed by atoms with Gasteiger partial charge in [0.05, 0.1) is 25.7 Å². The van der Waals surface area contributed by atoms with Crippen LogP contribution in [0.2, 0.25) is 0 Å². The maximum Gasteiger partial charge on any atom is 0.253 e. The summed E-state index contributed by atoms with van der Waals surface area (Å²) in [5, 5.41) is 1.81. The van der Waals surface area contributed by atoms with Gasteiger partial charge in [0.15, 0.2) is 17.3 Å². The number of nitrogens with one attached hydrogen (secondary N) is 1. The van der Waals surface area contributed by atoms with Crippen molar-refractivity contribution in [3.05, 3.63) is 48.0 Å². The Morgan fingerprint density at radius 2 is 1.76 bits per heavy atom. The summed E-state index contributed by atoms with van der Waals surface area (Å²) in [5.41, 5.74) is 0.748. The number of methoxy groups -OCH3 is 2. The van der Waals surface area contributed by atoms with Gasteiger partial charge in [-0.25, -0.2) is 13.4 Å². The smallest absolute Gasteiger partial charge is 0.253 e. The number of Topliss-reactive ketones (excluding diaryl/α,β-unsaturated/α-hetero) is 1. The molecule has 1 aliphatic carbocycles. The first-order valence-corrected chi connectivity index (χ1v) is 13.2. The Kier molecular flexibility index (Phi) is 7.75. The van der Waals surface area contributed by atoms with Crippen LogP contribution in [0.1, 0.15) is 48.9 Å². The van der Waals surface area contributed by atoms with Gasteiger partial charge in [-0.1, -0.05) is 0 Å². The molecule has 1 atom stereocenters. The van der Waals surface area contributed by atoms with E-state index in [0.29, 0.717) is 24.7 Å². The topological polar surface area (TPSA) is 94.2 Å². The number of rotatable bonds is 12. The first kappa shape index (κ1) is 24.5. The van der Waals surface area contributed by atoms with E-state index in [0.717, 1.165) is 49.8 Å². The lowest BCUT2D eigenvalue weighted by Crippen LogP contribution is -2.45. The van der Waals surface area contributed by atoms with E-state index in [4.69, 9.17) is 14.2 Å². The van der Waals surface area contributed by atoms with Crippen molar-refractivity contribution in [2.75, 3.05) is 27.4 Å². The average Bonchev–Trinajstić information content (AvgIpc) is 3.62. The Hall–Kier alpha value is -2.62. The molecule has 1 unspecified atom stereocenters. The van der Waals surface area contributed by atoms with Gasteiger partial charge in [0.2, 0.25) is 0 Å². The Balaban J connectivity index is 1.27. The fourth-order valence-corrected chi connectivity index (χ4v) is 5.42. The number of ether oxygens (including phenoxy) is 3. The molecule has 2 fully saturated rings. The highest BCUT2D eigenvalue weighted by atomic mass is 32.2. The standard InChI is InChI=1S/C25H32N2O6S/c1-31-23-14-13-22(17-24(23)32-2)34(29,30)26-27-15-3-5-20(27)6-4-16-33-21-11-9-19(10-12-21)25(28)18-7-8-18/h9-14,17-18,20,26H,3-8,15-16H2,1-2H3. The number of nitrogens with zero attached hydrogens (tertiary/aromatic N) is 1. The molecular formula is C25H32N2O6S. The van der Waals surface area contributed by atoms with Gasteiger partial charge in [0.1, 0.15) is 5.75 Å². The number of sulfonamides is 1. The molecular weight excluding hydrogens is 456 g/mol. The van der Waals surface area contributed by atoms with Crippen LogP contribution >= 0.6 is 0 Å². The van der Waals surface area contributed by atoms with E-state index in [1.54, 1.807) is 6.07 Å². The van der Waals surface area contributed by atoms with Crippen LogP contribution in [0.15, 0.2) is 47.4 Å². The first-order valence-electron chi connectivity index (χ1n) is 11.7. The number of carbonyl (C=O) groups excluding carboxylic acids is 1. The molecule has 8 nitrogen and oxygen atoms in total. The molecule has 0 aromatic heterocycles. The van der Waals surface area contributed by atoms with Gasteiger partial charge in [-0.3, -0.25) is 4.79 Å². The Morgan fingerprint density at radius 3 is 2.44 bits per heavy atom. The van der Waals surface area contributed by atoms with E-state index in [2.05, 4.69) is 4.83 Å². The predicted molar refractivity (Wildman–Crippen MR) is 128 cm³/mol. The molecule has 1 saturated carbocycles. The van der Waals surface area contributed by atoms with Crippen LogP contribution < -0.4 is 19.0 Å². The van der Waals surface area contributed by atoms with Crippen LogP contribution in [0.4, 0.5) is 0 Å². The van der Waals surface area contributed by atoms with Gasteiger partial charge in [-0.15, -0.1) is 4.83 Å². The minimum absolute atomic E-state index is 0.108. The summed E-state index contributed by atoms with van der Waals surface area (Å²) < 4.78 is 42.1. The largest absolute Gasteiger partial charge is 0.494 e. The molecule has 0 spiro atoms. The van der Waals surface area contributed by atoms with Crippen LogP contribution in [0.5, 0.6) is 17.2 Å². The molecule has 1 saturated heterocycles. The molecule has 1 aliphatic heterocycles. The molecule has 9 heteroatoms. The van der Waals surface area contributed by atoms with Crippen molar-refractivity contribution in [3.8, 4) is 17.2 Å². The quantitative estimate of drug-likeness (QED) is 0.359. The third-order valence-corrected chi connectivity index (χ3v) is 7.67. The van der Waals surface area contributed by atoms with Crippen LogP contribution in [-0.2, 0) is 10.0 Å². The number of benzene rings is 2. The van der Waals surface area contributed by atoms with Gasteiger partial charge in [0, 0.05) is 30.1 Å². The van der Waals surface area contributed by atoms with E-state index in [1.807, 2.05) is 29.3 Å². The van der Waals surface area contributed by atoms with E-state index < -0.39 is 10.0 Å². The van der Waals surface area contributed by atoms with E-state index in [9.17, 15) is 13.2 Å². The summed E-state index contributed by atoms with van der Waals surface area (Å²) in [6.07, 6.45) is 5.46. The monoisotopic (exact) mass is 488 g/mol. The number of ketones is 1. The highest BCUT2D eigenvalue weighted by molar-refractivity contribution is 7.89. The zero-order valence-corrected chi connectivity index (χ0v) is 20.5. The number of hydrazine groups is 1. The van der Waals surface area contributed by atoms with Crippen LogP contribution in [0.25, 0.3) is 0 Å². The second kappa shape index (κ2) is 10.8. The summed E-state index contributed by atoms with van der Waals surface area (Å²) >= 11 is 0. The Morgan fingerprint density at radius 1 is 1.03 bits per heavy atom. The third-order valence-electron chi connectivity index (χ3n) is 6.32. The van der Waals surface area contributed by atoms with Gasteiger partial charge < -0.3 is 14.2 Å². The van der Waals surface area contributed by atoms with Crippen molar-refractivity contribution in [3.63, 3.8) is 0 Å². The van der Waals surface area contributed by atoms with Crippen molar-refractivity contribution in [1.29, 1.82) is 0 Å². The number of hydrogen-bond donors (Lipinski definition) is 1. The first-order chi connectivity index (χ1) is 16.4. The number of hydrogen-bond acceptors (Lipinski definition) is 7. The normalized spacial score (nSPS) is 18.6. The van der Waals surface area contributed by atoms with Gasteiger partial charge in [0.25, 0.3) is 10.0 Å². The fourth-order valence-electron chi connectivity index (χ4n) is 4.25. The van der Waals surface area contributed by atoms with Crippen molar-refractivity contribution >= 4 is 15.8 Å². The van der Waals surface area contributed by atoms with Gasteiger partial charge in [-0.2, -0.15) is 0 Å². The lowest BCUT2D eigenvalue weighted by atomic mass is 10.1. The maximum absolute atomic E-state index is 12.9. The zero-order valence-electron chi connectivity index (χ0n) is 19.7. The average molecular weight is 489 g/mol. The molecule has 2 aliphatic rings. The van der Waals surface area contributed by atoms with Gasteiger partial charge >= 0.3 is 0 Å². The summed E-state index contributed by atoms with van der Waals surface area (Å²) in [6.45, 7) is 1.19. The molecule has 0 bridgehead atoms. The molecule has 184 valence electrons. The lowest BCUT2D eigenvalue weighted by Gasteiger charge is -2.25. The van der Waals surface area contributed by atoms with E-state index in [-0.39, 0.29) is 22.6 Å². The van der Waals surface area contributed by atoms with E-state index in [1.165, 1.54) is 26.4 Å². The van der Waals surface area contributed by atoms with Crippen molar-refractivity contribution in [2.45, 2.75) is 49.5 Å². The predicted octanol–water partition coefficient (Wildman–Crippen LogP) is 3.81. The van der Waals surface area contributed by atoms with Crippen molar-refractivity contribution in [1.82, 2.24) is 9.84 Å². The molecule has 2 aromatic carbocycles. The third kappa shape index (κ3) is 5.89. The summed E-state index contributed by atoms with van der Waals surface area (Å²) in [4.78, 5) is 15.0. The second-order valence-corrected chi connectivity index (χ2v) is 10.4. The highest BCUT2D eigenvalue weighted by Gasteiger charge is 2.30. The molecule has 0 amide bonds. The molecule has 2 aromatic rings. The minimum Gasteiger partial charge on any atom is -0.494 e. The Labute approximate surface area is 201 Å². The van der Waals surface area contributed by atoms with Crippen LogP contribution in [-0.4, -0.2) is 52.6 Å². The lowest BCUT2D eigenvalue weighted by molar-refractivity contribution is 0.0967. The van der Waals surface area contributed by atoms with Crippen molar-refractivity contribution in [2.24, 2.45) is 5.92 Å². The zero-order chi connectivity index (χ0) is 24.1. The van der Waals surface area contributed by atoms with Crippen molar-refractivity contribution < 1.29 is 27.4 Å². The Bertz CT molecular complexity index is 1100. The SMILES string of the molecule is COc1ccc(S(=O)(=O)NN2CCCC2CCCOc2ccc(C(=O)C3CC3)cc2)cc1OC. The molecule has 1 N–H and O–H groups in total. The van der Waals surface area contributed by atoms with E-state index >= 15 is 0 Å². The molecule has 0 radical (unpaired) electrons.